The second-order valence-corrected chi connectivity index (χ2v) is 5.80. The molecule has 0 saturated heterocycles. The fraction of sp³-hybridized carbons (Fsp3) is 0.125. The lowest BCUT2D eigenvalue weighted by Crippen LogP contribution is -2.33. The van der Waals surface area contributed by atoms with E-state index >= 15 is 0 Å². The lowest BCUT2D eigenvalue weighted by Gasteiger charge is -2.09. The summed E-state index contributed by atoms with van der Waals surface area (Å²) in [5.74, 6) is -6.03. The molecule has 126 valence electrons. The van der Waals surface area contributed by atoms with Gasteiger partial charge in [-0.1, -0.05) is 15.9 Å². The Kier molecular flexibility index (Phi) is 5.61. The van der Waals surface area contributed by atoms with Crippen LogP contribution in [0, 0.1) is 24.4 Å². The van der Waals surface area contributed by atoms with Gasteiger partial charge < -0.3 is 10.6 Å². The first-order chi connectivity index (χ1) is 11.3. The van der Waals surface area contributed by atoms with E-state index in [2.05, 4.69) is 26.6 Å². The Hall–Kier alpha value is -2.35. The van der Waals surface area contributed by atoms with Gasteiger partial charge in [0.25, 0.3) is 5.91 Å². The maximum absolute atomic E-state index is 13.1. The average Bonchev–Trinajstić information content (AvgIpc) is 2.53. The predicted octanol–water partition coefficient (Wildman–Crippen LogP) is 3.54. The Morgan fingerprint density at radius 1 is 1.08 bits per heavy atom. The zero-order valence-corrected chi connectivity index (χ0v) is 14.0. The van der Waals surface area contributed by atoms with Crippen LogP contribution >= 0.6 is 15.9 Å². The molecule has 2 aromatic carbocycles. The SMILES string of the molecule is Cc1cc(NC(=O)CNC(=O)c2cc(F)c(F)c(F)c2)ccc1Br. The molecule has 0 atom stereocenters. The van der Waals surface area contributed by atoms with Crippen LogP contribution in [0.25, 0.3) is 0 Å². The maximum Gasteiger partial charge on any atom is 0.251 e. The van der Waals surface area contributed by atoms with Crippen LogP contribution in [-0.4, -0.2) is 18.4 Å². The Morgan fingerprint density at radius 2 is 1.71 bits per heavy atom. The summed E-state index contributed by atoms with van der Waals surface area (Å²) in [6, 6.07) is 6.27. The number of hydrogen-bond donors (Lipinski definition) is 2. The highest BCUT2D eigenvalue weighted by atomic mass is 79.9. The number of amides is 2. The second kappa shape index (κ2) is 7.48. The van der Waals surface area contributed by atoms with Crippen molar-refractivity contribution in [3.63, 3.8) is 0 Å². The molecule has 4 nitrogen and oxygen atoms in total. The highest BCUT2D eigenvalue weighted by Gasteiger charge is 2.15. The minimum absolute atomic E-state index is 0.408. The molecule has 0 radical (unpaired) electrons. The van der Waals surface area contributed by atoms with Crippen LogP contribution in [0.1, 0.15) is 15.9 Å². The van der Waals surface area contributed by atoms with Gasteiger partial charge >= 0.3 is 0 Å². The van der Waals surface area contributed by atoms with Gasteiger partial charge in [0.05, 0.1) is 6.54 Å². The standard InChI is InChI=1S/C16H12BrF3N2O2/c1-8-4-10(2-3-11(8)17)22-14(23)7-21-16(24)9-5-12(18)15(20)13(19)6-9/h2-6H,7H2,1H3,(H,21,24)(H,22,23). The third-order valence-electron chi connectivity index (χ3n) is 3.10. The van der Waals surface area contributed by atoms with E-state index in [1.807, 2.05) is 6.92 Å². The zero-order valence-electron chi connectivity index (χ0n) is 12.4. The Balaban J connectivity index is 1.96. The lowest BCUT2D eigenvalue weighted by atomic mass is 10.2. The summed E-state index contributed by atoms with van der Waals surface area (Å²) < 4.78 is 39.9. The maximum atomic E-state index is 13.1. The van der Waals surface area contributed by atoms with Crippen molar-refractivity contribution in [3.05, 3.63) is 63.4 Å². The van der Waals surface area contributed by atoms with E-state index in [1.54, 1.807) is 18.2 Å². The van der Waals surface area contributed by atoms with Crippen LogP contribution in [-0.2, 0) is 4.79 Å². The van der Waals surface area contributed by atoms with Crippen LogP contribution < -0.4 is 10.6 Å². The third kappa shape index (κ3) is 4.35. The zero-order chi connectivity index (χ0) is 17.9. The highest BCUT2D eigenvalue weighted by molar-refractivity contribution is 9.10. The van der Waals surface area contributed by atoms with Crippen molar-refractivity contribution in [1.82, 2.24) is 5.32 Å². The van der Waals surface area contributed by atoms with E-state index < -0.39 is 41.4 Å². The van der Waals surface area contributed by atoms with Crippen LogP contribution in [0.4, 0.5) is 18.9 Å². The Labute approximate surface area is 144 Å². The molecule has 2 aromatic rings. The number of halogens is 4. The molecule has 0 spiro atoms. The molecule has 0 saturated carbocycles. The highest BCUT2D eigenvalue weighted by Crippen LogP contribution is 2.19. The quantitative estimate of drug-likeness (QED) is 0.771. The molecule has 2 rings (SSSR count). The molecule has 2 amide bonds. The average molecular weight is 401 g/mol. The van der Waals surface area contributed by atoms with Gasteiger partial charge in [-0.3, -0.25) is 9.59 Å². The Morgan fingerprint density at radius 3 is 2.29 bits per heavy atom. The first-order valence-corrected chi connectivity index (χ1v) is 7.56. The van der Waals surface area contributed by atoms with Crippen LogP contribution in [0.5, 0.6) is 0 Å². The van der Waals surface area contributed by atoms with Crippen LogP contribution in [0.3, 0.4) is 0 Å². The minimum atomic E-state index is -1.66. The number of carbonyl (C=O) groups is 2. The number of benzene rings is 2. The summed E-state index contributed by atoms with van der Waals surface area (Å²) in [6.45, 7) is 1.44. The van der Waals surface area contributed by atoms with Crippen molar-refractivity contribution < 1.29 is 22.8 Å². The molecule has 0 bridgehead atoms. The summed E-state index contributed by atoms with van der Waals surface area (Å²) in [4.78, 5) is 23.5. The van der Waals surface area contributed by atoms with E-state index in [9.17, 15) is 22.8 Å². The fourth-order valence-electron chi connectivity index (χ4n) is 1.88. The summed E-state index contributed by atoms with van der Waals surface area (Å²) in [6.07, 6.45) is 0. The van der Waals surface area contributed by atoms with Gasteiger partial charge in [0.1, 0.15) is 0 Å². The van der Waals surface area contributed by atoms with Gasteiger partial charge in [-0.05, 0) is 42.8 Å². The number of rotatable bonds is 4. The topological polar surface area (TPSA) is 58.2 Å². The van der Waals surface area contributed by atoms with Gasteiger partial charge in [0.15, 0.2) is 17.5 Å². The van der Waals surface area contributed by atoms with E-state index in [-0.39, 0.29) is 0 Å². The fourth-order valence-corrected chi connectivity index (χ4v) is 2.12. The number of carbonyl (C=O) groups excluding carboxylic acids is 2. The van der Waals surface area contributed by atoms with Gasteiger partial charge in [0.2, 0.25) is 5.91 Å². The van der Waals surface area contributed by atoms with Crippen molar-refractivity contribution in [2.24, 2.45) is 0 Å². The summed E-state index contributed by atoms with van der Waals surface area (Å²) in [5.41, 5.74) is 1.03. The van der Waals surface area contributed by atoms with Crippen molar-refractivity contribution in [1.29, 1.82) is 0 Å². The molecule has 2 N–H and O–H groups in total. The van der Waals surface area contributed by atoms with Gasteiger partial charge in [-0.2, -0.15) is 0 Å². The first-order valence-electron chi connectivity index (χ1n) is 6.76. The van der Waals surface area contributed by atoms with Crippen LogP contribution in [0.2, 0.25) is 0 Å². The molecular formula is C16H12BrF3N2O2. The third-order valence-corrected chi connectivity index (χ3v) is 3.99. The monoisotopic (exact) mass is 400 g/mol. The minimum Gasteiger partial charge on any atom is -0.343 e. The van der Waals surface area contributed by atoms with Crippen molar-refractivity contribution in [3.8, 4) is 0 Å². The number of aryl methyl sites for hydroxylation is 1. The van der Waals surface area contributed by atoms with Crippen molar-refractivity contribution in [2.45, 2.75) is 6.92 Å². The van der Waals surface area contributed by atoms with Crippen LogP contribution in [0.15, 0.2) is 34.8 Å². The van der Waals surface area contributed by atoms with E-state index in [0.29, 0.717) is 17.8 Å². The van der Waals surface area contributed by atoms with Crippen molar-refractivity contribution in [2.75, 3.05) is 11.9 Å². The lowest BCUT2D eigenvalue weighted by molar-refractivity contribution is -0.115. The molecular weight excluding hydrogens is 389 g/mol. The molecule has 0 fully saturated rings. The number of anilines is 1. The molecule has 0 aliphatic heterocycles. The smallest absolute Gasteiger partial charge is 0.251 e. The Bertz CT molecular complexity index is 789. The molecule has 0 aliphatic rings. The van der Waals surface area contributed by atoms with E-state index in [4.69, 9.17) is 0 Å². The second-order valence-electron chi connectivity index (χ2n) is 4.95. The predicted molar refractivity (Wildman–Crippen MR) is 86.2 cm³/mol. The number of nitrogens with one attached hydrogen (secondary N) is 2. The van der Waals surface area contributed by atoms with E-state index in [0.717, 1.165) is 10.0 Å². The summed E-state index contributed by atoms with van der Waals surface area (Å²) in [7, 11) is 0. The van der Waals surface area contributed by atoms with E-state index in [1.165, 1.54) is 0 Å². The molecule has 0 unspecified atom stereocenters. The molecule has 8 heteroatoms. The molecule has 24 heavy (non-hydrogen) atoms. The molecule has 0 aliphatic carbocycles. The largest absolute Gasteiger partial charge is 0.343 e. The van der Waals surface area contributed by atoms with Crippen molar-refractivity contribution >= 4 is 33.4 Å². The number of hydrogen-bond acceptors (Lipinski definition) is 2. The normalized spacial score (nSPS) is 10.4. The summed E-state index contributed by atoms with van der Waals surface area (Å²) >= 11 is 3.33. The van der Waals surface area contributed by atoms with Gasteiger partial charge in [-0.25, -0.2) is 13.2 Å². The first kappa shape index (κ1) is 18.0. The van der Waals surface area contributed by atoms with Gasteiger partial charge in [-0.15, -0.1) is 0 Å². The molecule has 0 heterocycles. The molecule has 0 aromatic heterocycles. The van der Waals surface area contributed by atoms with Gasteiger partial charge in [0, 0.05) is 15.7 Å². The summed E-state index contributed by atoms with van der Waals surface area (Å²) in [5, 5.41) is 4.77.